The van der Waals surface area contributed by atoms with E-state index in [1.807, 2.05) is 0 Å². The van der Waals surface area contributed by atoms with E-state index in [1.165, 1.54) is 32.2 Å². The molecule has 2 rings (SSSR count). The SMILES string of the molecule is C[C@@H]1CCN[C@H](C2CC2)C1. The van der Waals surface area contributed by atoms with Crippen LogP contribution in [0.5, 0.6) is 0 Å². The molecule has 10 heavy (non-hydrogen) atoms. The number of rotatable bonds is 1. The average Bonchev–Trinajstić information content (AvgIpc) is 2.68. The van der Waals surface area contributed by atoms with E-state index in [-0.39, 0.29) is 0 Å². The van der Waals surface area contributed by atoms with Crippen molar-refractivity contribution in [3.63, 3.8) is 0 Å². The van der Waals surface area contributed by atoms with Gasteiger partial charge in [-0.2, -0.15) is 0 Å². The highest BCUT2D eigenvalue weighted by atomic mass is 14.9. The van der Waals surface area contributed by atoms with E-state index in [0.29, 0.717) is 0 Å². The van der Waals surface area contributed by atoms with Gasteiger partial charge < -0.3 is 5.32 Å². The van der Waals surface area contributed by atoms with Crippen LogP contribution in [0.2, 0.25) is 0 Å². The molecule has 0 aromatic rings. The zero-order chi connectivity index (χ0) is 6.97. The van der Waals surface area contributed by atoms with Gasteiger partial charge in [-0.1, -0.05) is 6.92 Å². The Kier molecular flexibility index (Phi) is 1.69. The van der Waals surface area contributed by atoms with Gasteiger partial charge in [0, 0.05) is 6.04 Å². The molecule has 1 heterocycles. The average molecular weight is 139 g/mol. The van der Waals surface area contributed by atoms with E-state index in [9.17, 15) is 0 Å². The molecule has 1 aliphatic heterocycles. The van der Waals surface area contributed by atoms with Crippen LogP contribution < -0.4 is 5.32 Å². The minimum absolute atomic E-state index is 0.892. The summed E-state index contributed by atoms with van der Waals surface area (Å²) in [4.78, 5) is 0. The van der Waals surface area contributed by atoms with Crippen molar-refractivity contribution >= 4 is 0 Å². The molecule has 2 aliphatic rings. The van der Waals surface area contributed by atoms with Crippen LogP contribution in [0.1, 0.15) is 32.6 Å². The number of hydrogen-bond donors (Lipinski definition) is 1. The van der Waals surface area contributed by atoms with Crippen molar-refractivity contribution in [3.8, 4) is 0 Å². The van der Waals surface area contributed by atoms with Crippen LogP contribution >= 0.6 is 0 Å². The van der Waals surface area contributed by atoms with E-state index >= 15 is 0 Å². The molecular formula is C9H17N. The Balaban J connectivity index is 1.84. The number of piperidine rings is 1. The molecule has 0 aromatic heterocycles. The first-order valence-corrected chi connectivity index (χ1v) is 4.59. The summed E-state index contributed by atoms with van der Waals surface area (Å²) in [6, 6.07) is 0.892. The van der Waals surface area contributed by atoms with Gasteiger partial charge >= 0.3 is 0 Å². The molecule has 2 atom stereocenters. The van der Waals surface area contributed by atoms with E-state index < -0.39 is 0 Å². The normalized spacial score (nSPS) is 41.7. The van der Waals surface area contributed by atoms with Gasteiger partial charge in [0.25, 0.3) is 0 Å². The van der Waals surface area contributed by atoms with Crippen LogP contribution in [0, 0.1) is 11.8 Å². The Bertz CT molecular complexity index is 118. The van der Waals surface area contributed by atoms with Crippen LogP contribution in [-0.2, 0) is 0 Å². The maximum Gasteiger partial charge on any atom is 0.00978 e. The Morgan fingerprint density at radius 3 is 2.60 bits per heavy atom. The highest BCUT2D eigenvalue weighted by Gasteiger charge is 2.33. The van der Waals surface area contributed by atoms with Gasteiger partial charge in [-0.25, -0.2) is 0 Å². The van der Waals surface area contributed by atoms with Crippen LogP contribution in [0.15, 0.2) is 0 Å². The van der Waals surface area contributed by atoms with Crippen molar-refractivity contribution in [2.75, 3.05) is 6.54 Å². The third kappa shape index (κ3) is 1.34. The summed E-state index contributed by atoms with van der Waals surface area (Å²) in [5.74, 6) is 2.04. The van der Waals surface area contributed by atoms with Gasteiger partial charge in [0.05, 0.1) is 0 Å². The smallest absolute Gasteiger partial charge is 0.00978 e. The molecule has 0 spiro atoms. The molecule has 0 radical (unpaired) electrons. The molecule has 0 aromatic carbocycles. The summed E-state index contributed by atoms with van der Waals surface area (Å²) in [6.07, 6.45) is 5.81. The topological polar surface area (TPSA) is 12.0 Å². The molecule has 2 fully saturated rings. The molecule has 0 unspecified atom stereocenters. The Morgan fingerprint density at radius 2 is 2.00 bits per heavy atom. The summed E-state index contributed by atoms with van der Waals surface area (Å²) in [6.45, 7) is 3.65. The summed E-state index contributed by atoms with van der Waals surface area (Å²) in [7, 11) is 0. The largest absolute Gasteiger partial charge is 0.314 e. The maximum atomic E-state index is 3.61. The monoisotopic (exact) mass is 139 g/mol. The predicted molar refractivity (Wildman–Crippen MR) is 42.9 cm³/mol. The molecule has 1 aliphatic carbocycles. The fourth-order valence-corrected chi connectivity index (χ4v) is 2.01. The molecule has 1 saturated heterocycles. The lowest BCUT2D eigenvalue weighted by Gasteiger charge is -2.27. The second kappa shape index (κ2) is 2.54. The van der Waals surface area contributed by atoms with Crippen molar-refractivity contribution < 1.29 is 0 Å². The number of hydrogen-bond acceptors (Lipinski definition) is 1. The predicted octanol–water partition coefficient (Wildman–Crippen LogP) is 1.78. The minimum atomic E-state index is 0.892. The van der Waals surface area contributed by atoms with Crippen molar-refractivity contribution in [2.24, 2.45) is 11.8 Å². The lowest BCUT2D eigenvalue weighted by molar-refractivity contribution is 0.297. The summed E-state index contributed by atoms with van der Waals surface area (Å²) in [5.41, 5.74) is 0. The standard InChI is InChI=1S/C9H17N/c1-7-4-5-10-9(6-7)8-2-3-8/h7-10H,2-6H2,1H3/t7-,9+/m1/s1. The molecule has 0 amide bonds. The first-order chi connectivity index (χ1) is 4.86. The van der Waals surface area contributed by atoms with Gasteiger partial charge in [0.15, 0.2) is 0 Å². The van der Waals surface area contributed by atoms with E-state index in [4.69, 9.17) is 0 Å². The summed E-state index contributed by atoms with van der Waals surface area (Å²) >= 11 is 0. The zero-order valence-electron chi connectivity index (χ0n) is 6.77. The van der Waals surface area contributed by atoms with Crippen molar-refractivity contribution in [3.05, 3.63) is 0 Å². The third-order valence-electron chi connectivity index (χ3n) is 2.89. The van der Waals surface area contributed by atoms with E-state index in [0.717, 1.165) is 17.9 Å². The Morgan fingerprint density at radius 1 is 1.20 bits per heavy atom. The Hall–Kier alpha value is -0.0400. The Labute approximate surface area is 63.2 Å². The van der Waals surface area contributed by atoms with Crippen molar-refractivity contribution in [2.45, 2.75) is 38.6 Å². The van der Waals surface area contributed by atoms with E-state index in [2.05, 4.69) is 12.2 Å². The third-order valence-corrected chi connectivity index (χ3v) is 2.89. The molecule has 1 N–H and O–H groups in total. The second-order valence-electron chi connectivity index (χ2n) is 4.03. The molecule has 0 bridgehead atoms. The maximum absolute atomic E-state index is 3.61. The van der Waals surface area contributed by atoms with Gasteiger partial charge in [-0.15, -0.1) is 0 Å². The van der Waals surface area contributed by atoms with Gasteiger partial charge in [-0.05, 0) is 44.1 Å². The minimum Gasteiger partial charge on any atom is -0.314 e. The molecule has 1 heteroatoms. The van der Waals surface area contributed by atoms with Gasteiger partial charge in [0.1, 0.15) is 0 Å². The summed E-state index contributed by atoms with van der Waals surface area (Å²) in [5, 5.41) is 3.61. The zero-order valence-corrected chi connectivity index (χ0v) is 6.77. The number of nitrogens with one attached hydrogen (secondary N) is 1. The second-order valence-corrected chi connectivity index (χ2v) is 4.03. The fourth-order valence-electron chi connectivity index (χ4n) is 2.01. The van der Waals surface area contributed by atoms with Crippen LogP contribution in [-0.4, -0.2) is 12.6 Å². The molecule has 1 saturated carbocycles. The van der Waals surface area contributed by atoms with Crippen molar-refractivity contribution in [1.82, 2.24) is 5.32 Å². The highest BCUT2D eigenvalue weighted by Crippen LogP contribution is 2.36. The van der Waals surface area contributed by atoms with Crippen molar-refractivity contribution in [1.29, 1.82) is 0 Å². The first kappa shape index (κ1) is 6.66. The molecular weight excluding hydrogens is 122 g/mol. The van der Waals surface area contributed by atoms with E-state index in [1.54, 1.807) is 0 Å². The molecule has 58 valence electrons. The van der Waals surface area contributed by atoms with Crippen LogP contribution in [0.3, 0.4) is 0 Å². The fraction of sp³-hybridized carbons (Fsp3) is 1.00. The molecule has 1 nitrogen and oxygen atoms in total. The van der Waals surface area contributed by atoms with Gasteiger partial charge in [-0.3, -0.25) is 0 Å². The quantitative estimate of drug-likeness (QED) is 0.584. The first-order valence-electron chi connectivity index (χ1n) is 4.59. The van der Waals surface area contributed by atoms with Gasteiger partial charge in [0.2, 0.25) is 0 Å². The van der Waals surface area contributed by atoms with Crippen LogP contribution in [0.4, 0.5) is 0 Å². The summed E-state index contributed by atoms with van der Waals surface area (Å²) < 4.78 is 0. The lowest BCUT2D eigenvalue weighted by atomic mass is 9.92. The van der Waals surface area contributed by atoms with Crippen LogP contribution in [0.25, 0.3) is 0 Å². The lowest BCUT2D eigenvalue weighted by Crippen LogP contribution is -2.38. The highest BCUT2D eigenvalue weighted by molar-refractivity contribution is 4.89.